The van der Waals surface area contributed by atoms with Gasteiger partial charge in [0.05, 0.1) is 26.1 Å². The maximum Gasteiger partial charge on any atom is 0.327 e. The minimum absolute atomic E-state index is 0.181. The molecular weight excluding hydrogens is 388 g/mol. The van der Waals surface area contributed by atoms with E-state index in [2.05, 4.69) is 24.5 Å². The van der Waals surface area contributed by atoms with Gasteiger partial charge in [0.1, 0.15) is 0 Å². The molecule has 0 aliphatic carbocycles. The number of carboxylic acids is 3. The van der Waals surface area contributed by atoms with Crippen molar-refractivity contribution < 1.29 is 65.1 Å². The standard InChI is InChI=1S/C6H14O7.3C3H4O2/c7-5(8,9)1-3-13-4-2-6(10,11)12;3*1-2-3(4)5/h7-12H,1-4H2;3*2H,1H2,(H,4,5). The molecule has 0 unspecified atom stereocenters. The number of carbonyl (C=O) groups is 3. The summed E-state index contributed by atoms with van der Waals surface area (Å²) in [5.41, 5.74) is 0. The van der Waals surface area contributed by atoms with Crippen LogP contribution in [0.15, 0.2) is 38.0 Å². The summed E-state index contributed by atoms with van der Waals surface area (Å²) in [5, 5.41) is 73.0. The summed E-state index contributed by atoms with van der Waals surface area (Å²) in [6.07, 6.45) is 1.64. The number of aliphatic carboxylic acids is 3. The lowest BCUT2D eigenvalue weighted by Gasteiger charge is -2.15. The number of rotatable bonds is 9. The highest BCUT2D eigenvalue weighted by atomic mass is 16.7. The maximum absolute atomic E-state index is 9.25. The molecule has 0 atom stereocenters. The van der Waals surface area contributed by atoms with Gasteiger partial charge in [0, 0.05) is 18.2 Å². The number of hydrogen-bond acceptors (Lipinski definition) is 10. The highest BCUT2D eigenvalue weighted by Gasteiger charge is 2.19. The van der Waals surface area contributed by atoms with Gasteiger partial charge in [0.2, 0.25) is 0 Å². The fourth-order valence-electron chi connectivity index (χ4n) is 0.520. The number of ether oxygens (including phenoxy) is 1. The van der Waals surface area contributed by atoms with Crippen molar-refractivity contribution in [3.05, 3.63) is 38.0 Å². The minimum Gasteiger partial charge on any atom is -0.478 e. The Morgan fingerprint density at radius 3 is 0.929 bits per heavy atom. The zero-order chi connectivity index (χ0) is 23.4. The maximum atomic E-state index is 9.25. The second-order valence-electron chi connectivity index (χ2n) is 4.29. The first-order valence-corrected chi connectivity index (χ1v) is 7.00. The van der Waals surface area contributed by atoms with Crippen LogP contribution >= 0.6 is 0 Å². The lowest BCUT2D eigenvalue weighted by atomic mass is 10.4. The minimum atomic E-state index is -2.78. The first-order valence-electron chi connectivity index (χ1n) is 7.00. The SMILES string of the molecule is C=CC(=O)O.C=CC(=O)O.C=CC(=O)O.OC(O)(O)CCOCCC(O)(O)O. The summed E-state index contributed by atoms with van der Waals surface area (Å²) in [6.45, 7) is 8.52. The lowest BCUT2D eigenvalue weighted by Crippen LogP contribution is -2.31. The predicted octanol–water partition coefficient (Wildman–Crippen LogP) is -2.18. The molecule has 9 N–H and O–H groups in total. The third-order valence-corrected chi connectivity index (χ3v) is 1.69. The van der Waals surface area contributed by atoms with E-state index in [9.17, 15) is 14.4 Å². The molecule has 0 amide bonds. The van der Waals surface area contributed by atoms with Gasteiger partial charge in [-0.1, -0.05) is 19.7 Å². The van der Waals surface area contributed by atoms with Gasteiger partial charge in [-0.05, 0) is 0 Å². The molecule has 164 valence electrons. The summed E-state index contributed by atoms with van der Waals surface area (Å²) < 4.78 is 4.63. The molecule has 0 saturated carbocycles. The Balaban J connectivity index is -0.000000159. The Hall–Kier alpha value is -2.65. The molecule has 0 heterocycles. The van der Waals surface area contributed by atoms with E-state index in [4.69, 9.17) is 46.0 Å². The molecule has 0 bridgehead atoms. The van der Waals surface area contributed by atoms with Gasteiger partial charge in [0.15, 0.2) is 0 Å². The van der Waals surface area contributed by atoms with Crippen LogP contribution in [0.3, 0.4) is 0 Å². The Bertz CT molecular complexity index is 413. The van der Waals surface area contributed by atoms with Crippen molar-refractivity contribution in [3.8, 4) is 0 Å². The average Bonchev–Trinajstić information content (AvgIpc) is 2.53. The summed E-state index contributed by atoms with van der Waals surface area (Å²) in [6, 6.07) is 0. The van der Waals surface area contributed by atoms with E-state index in [1.54, 1.807) is 0 Å². The van der Waals surface area contributed by atoms with E-state index in [0.717, 1.165) is 18.2 Å². The van der Waals surface area contributed by atoms with Gasteiger partial charge < -0.3 is 50.7 Å². The van der Waals surface area contributed by atoms with Crippen LogP contribution < -0.4 is 0 Å². The van der Waals surface area contributed by atoms with Crippen LogP contribution in [0.1, 0.15) is 12.8 Å². The molecule has 0 spiro atoms. The van der Waals surface area contributed by atoms with E-state index in [1.807, 2.05) is 0 Å². The molecule has 0 rings (SSSR count). The van der Waals surface area contributed by atoms with Gasteiger partial charge in [-0.15, -0.1) is 0 Å². The van der Waals surface area contributed by atoms with E-state index in [0.29, 0.717) is 0 Å². The highest BCUT2D eigenvalue weighted by molar-refractivity contribution is 5.79. The lowest BCUT2D eigenvalue weighted by molar-refractivity contribution is -0.323. The van der Waals surface area contributed by atoms with Gasteiger partial charge >= 0.3 is 17.9 Å². The molecule has 0 fully saturated rings. The Kier molecular flexibility index (Phi) is 22.5. The molecular formula is C15H26O13. The fourth-order valence-corrected chi connectivity index (χ4v) is 0.520. The van der Waals surface area contributed by atoms with E-state index >= 15 is 0 Å². The van der Waals surface area contributed by atoms with Gasteiger partial charge in [0.25, 0.3) is 11.9 Å². The molecule has 28 heavy (non-hydrogen) atoms. The van der Waals surface area contributed by atoms with Crippen LogP contribution in [0, 0.1) is 0 Å². The van der Waals surface area contributed by atoms with Crippen LogP contribution in [0.2, 0.25) is 0 Å². The van der Waals surface area contributed by atoms with E-state index < -0.39 is 42.7 Å². The zero-order valence-electron chi connectivity index (χ0n) is 14.8. The largest absolute Gasteiger partial charge is 0.478 e. The summed E-state index contributed by atoms with van der Waals surface area (Å²) >= 11 is 0. The zero-order valence-corrected chi connectivity index (χ0v) is 14.8. The summed E-state index contributed by atoms with van der Waals surface area (Å²) in [7, 11) is 0. The fraction of sp³-hybridized carbons (Fsp3) is 0.400. The molecule has 13 heteroatoms. The van der Waals surface area contributed by atoms with Crippen molar-refractivity contribution in [3.63, 3.8) is 0 Å². The molecule has 0 saturated heterocycles. The second kappa shape index (κ2) is 19.1. The molecule has 0 aromatic rings. The first kappa shape index (κ1) is 33.0. The molecule has 13 nitrogen and oxygen atoms in total. The normalized spacial score (nSPS) is 9.64. The topological polar surface area (TPSA) is 243 Å². The van der Waals surface area contributed by atoms with Gasteiger partial charge in [-0.3, -0.25) is 0 Å². The number of hydrogen-bond donors (Lipinski definition) is 9. The molecule has 0 aliphatic rings. The third-order valence-electron chi connectivity index (χ3n) is 1.69. The smallest absolute Gasteiger partial charge is 0.327 e. The van der Waals surface area contributed by atoms with Crippen molar-refractivity contribution in [2.45, 2.75) is 24.8 Å². The molecule has 0 aromatic heterocycles. The van der Waals surface area contributed by atoms with Gasteiger partial charge in [-0.25, -0.2) is 14.4 Å². The molecule has 0 aliphatic heterocycles. The predicted molar refractivity (Wildman–Crippen MR) is 92.3 cm³/mol. The Labute approximate surface area is 160 Å². The van der Waals surface area contributed by atoms with Gasteiger partial charge in [-0.2, -0.15) is 0 Å². The van der Waals surface area contributed by atoms with Crippen LogP contribution in [0.5, 0.6) is 0 Å². The monoisotopic (exact) mass is 414 g/mol. The van der Waals surface area contributed by atoms with Crippen molar-refractivity contribution >= 4 is 17.9 Å². The Morgan fingerprint density at radius 2 is 0.821 bits per heavy atom. The average molecular weight is 414 g/mol. The van der Waals surface area contributed by atoms with Crippen molar-refractivity contribution in [1.29, 1.82) is 0 Å². The van der Waals surface area contributed by atoms with Crippen LogP contribution in [-0.2, 0) is 19.1 Å². The highest BCUT2D eigenvalue weighted by Crippen LogP contribution is 2.03. The molecule has 0 radical (unpaired) electrons. The van der Waals surface area contributed by atoms with Crippen molar-refractivity contribution in [1.82, 2.24) is 0 Å². The summed E-state index contributed by atoms with van der Waals surface area (Å²) in [5.74, 6) is -8.51. The van der Waals surface area contributed by atoms with Crippen LogP contribution in [0.25, 0.3) is 0 Å². The quantitative estimate of drug-likeness (QED) is 0.111. The second-order valence-corrected chi connectivity index (χ2v) is 4.29. The third kappa shape index (κ3) is 65.4. The van der Waals surface area contributed by atoms with Crippen molar-refractivity contribution in [2.24, 2.45) is 0 Å². The Morgan fingerprint density at radius 1 is 0.643 bits per heavy atom. The van der Waals surface area contributed by atoms with Crippen LogP contribution in [0.4, 0.5) is 0 Å². The molecule has 0 aromatic carbocycles. The first-order chi connectivity index (χ1) is 12.5. The van der Waals surface area contributed by atoms with Crippen molar-refractivity contribution in [2.75, 3.05) is 13.2 Å². The number of aliphatic hydroxyl groups is 6. The summed E-state index contributed by atoms with van der Waals surface area (Å²) in [4.78, 5) is 27.8. The van der Waals surface area contributed by atoms with E-state index in [1.165, 1.54) is 0 Å². The van der Waals surface area contributed by atoms with Crippen LogP contribution in [-0.4, -0.2) is 89.0 Å². The van der Waals surface area contributed by atoms with E-state index in [-0.39, 0.29) is 13.2 Å². The number of carboxylic acid groups (broad SMARTS) is 3.